The van der Waals surface area contributed by atoms with Crippen LogP contribution in [-0.2, 0) is 9.47 Å². The Morgan fingerprint density at radius 3 is 2.56 bits per heavy atom. The normalized spacial score (nSPS) is 32.8. The van der Waals surface area contributed by atoms with Gasteiger partial charge in [-0.1, -0.05) is 13.3 Å². The largest absolute Gasteiger partial charge is 0.393 e. The zero-order chi connectivity index (χ0) is 11.6. The van der Waals surface area contributed by atoms with Gasteiger partial charge < -0.3 is 19.7 Å². The third-order valence-corrected chi connectivity index (χ3v) is 3.96. The lowest BCUT2D eigenvalue weighted by Gasteiger charge is -2.35. The van der Waals surface area contributed by atoms with Gasteiger partial charge in [0.2, 0.25) is 0 Å². The Kier molecular flexibility index (Phi) is 3.54. The topological polar surface area (TPSA) is 58.9 Å². The van der Waals surface area contributed by atoms with Gasteiger partial charge in [-0.25, -0.2) is 0 Å². The molecule has 4 heteroatoms. The molecule has 2 aliphatic rings. The summed E-state index contributed by atoms with van der Waals surface area (Å²) in [5.41, 5.74) is -1.15. The lowest BCUT2D eigenvalue weighted by molar-refractivity contribution is -0.212. The summed E-state index contributed by atoms with van der Waals surface area (Å²) in [7, 11) is 0. The molecule has 94 valence electrons. The number of aliphatic hydroxyl groups excluding tert-OH is 1. The molecule has 0 bridgehead atoms. The highest BCUT2D eigenvalue weighted by atomic mass is 16.7. The molecule has 1 saturated carbocycles. The Morgan fingerprint density at radius 1 is 1.31 bits per heavy atom. The third kappa shape index (κ3) is 2.12. The molecule has 0 aromatic heterocycles. The molecular weight excluding hydrogens is 208 g/mol. The van der Waals surface area contributed by atoms with Crippen LogP contribution >= 0.6 is 0 Å². The summed E-state index contributed by atoms with van der Waals surface area (Å²) in [4.78, 5) is 0. The average Bonchev–Trinajstić information content (AvgIpc) is 2.73. The molecule has 2 atom stereocenters. The van der Waals surface area contributed by atoms with Gasteiger partial charge >= 0.3 is 0 Å². The number of aliphatic hydroxyl groups is 2. The maximum absolute atomic E-state index is 10.2. The van der Waals surface area contributed by atoms with E-state index in [2.05, 4.69) is 0 Å². The SMILES string of the molecule is CC[C@@](O)(CO)[C@H]1COC2(CCCCC2)O1. The Balaban J connectivity index is 2.01. The highest BCUT2D eigenvalue weighted by molar-refractivity contribution is 4.93. The molecule has 2 fully saturated rings. The second kappa shape index (κ2) is 4.61. The lowest BCUT2D eigenvalue weighted by atomic mass is 9.93. The van der Waals surface area contributed by atoms with Crippen molar-refractivity contribution in [2.45, 2.75) is 62.9 Å². The monoisotopic (exact) mass is 230 g/mol. The molecule has 2 rings (SSSR count). The fraction of sp³-hybridized carbons (Fsp3) is 1.00. The van der Waals surface area contributed by atoms with E-state index in [-0.39, 0.29) is 12.7 Å². The first-order valence-electron chi connectivity index (χ1n) is 6.29. The van der Waals surface area contributed by atoms with Crippen LogP contribution in [0.25, 0.3) is 0 Å². The van der Waals surface area contributed by atoms with Crippen molar-refractivity contribution in [1.29, 1.82) is 0 Å². The second-order valence-electron chi connectivity index (χ2n) is 5.00. The van der Waals surface area contributed by atoms with Gasteiger partial charge in [0.1, 0.15) is 11.7 Å². The van der Waals surface area contributed by atoms with E-state index in [4.69, 9.17) is 9.47 Å². The average molecular weight is 230 g/mol. The molecule has 0 radical (unpaired) electrons. The maximum atomic E-state index is 10.2. The Bertz CT molecular complexity index is 231. The van der Waals surface area contributed by atoms with Crippen LogP contribution in [0.4, 0.5) is 0 Å². The highest BCUT2D eigenvalue weighted by Crippen LogP contribution is 2.40. The Labute approximate surface area is 96.6 Å². The fourth-order valence-corrected chi connectivity index (χ4v) is 2.61. The van der Waals surface area contributed by atoms with Crippen LogP contribution in [0.15, 0.2) is 0 Å². The van der Waals surface area contributed by atoms with E-state index >= 15 is 0 Å². The summed E-state index contributed by atoms with van der Waals surface area (Å²) in [6.45, 7) is 1.98. The minimum atomic E-state index is -1.15. The molecule has 0 aromatic carbocycles. The van der Waals surface area contributed by atoms with Gasteiger partial charge in [0.15, 0.2) is 5.79 Å². The van der Waals surface area contributed by atoms with Gasteiger partial charge in [0, 0.05) is 12.8 Å². The molecule has 0 amide bonds. The van der Waals surface area contributed by atoms with Crippen molar-refractivity contribution in [1.82, 2.24) is 0 Å². The molecule has 4 nitrogen and oxygen atoms in total. The Morgan fingerprint density at radius 2 is 2.00 bits per heavy atom. The van der Waals surface area contributed by atoms with Crippen LogP contribution in [0.2, 0.25) is 0 Å². The number of ether oxygens (including phenoxy) is 2. The lowest BCUT2D eigenvalue weighted by Crippen LogP contribution is -2.48. The predicted octanol–water partition coefficient (Wildman–Crippen LogP) is 1.20. The summed E-state index contributed by atoms with van der Waals surface area (Å²) < 4.78 is 11.7. The van der Waals surface area contributed by atoms with Crippen molar-refractivity contribution in [2.24, 2.45) is 0 Å². The van der Waals surface area contributed by atoms with E-state index in [9.17, 15) is 10.2 Å². The molecule has 0 aromatic rings. The standard InChI is InChI=1S/C12H22O4/c1-2-11(14,9-13)10-8-15-12(16-10)6-4-3-5-7-12/h10,13-14H,2-9H2,1H3/t10-,11-/m1/s1. The molecule has 2 N–H and O–H groups in total. The van der Waals surface area contributed by atoms with Crippen LogP contribution in [-0.4, -0.2) is 40.9 Å². The first kappa shape index (κ1) is 12.3. The first-order valence-corrected chi connectivity index (χ1v) is 6.29. The smallest absolute Gasteiger partial charge is 0.169 e. The van der Waals surface area contributed by atoms with Crippen LogP contribution in [0, 0.1) is 0 Å². The second-order valence-corrected chi connectivity index (χ2v) is 5.00. The molecule has 1 heterocycles. The molecule has 16 heavy (non-hydrogen) atoms. The minimum absolute atomic E-state index is 0.270. The first-order chi connectivity index (χ1) is 7.64. The zero-order valence-electron chi connectivity index (χ0n) is 9.95. The van der Waals surface area contributed by atoms with Crippen LogP contribution in [0.5, 0.6) is 0 Å². The number of hydrogen-bond donors (Lipinski definition) is 2. The summed E-state index contributed by atoms with van der Waals surface area (Å²) in [5.74, 6) is -0.471. The third-order valence-electron chi connectivity index (χ3n) is 3.96. The van der Waals surface area contributed by atoms with Gasteiger partial charge in [-0.3, -0.25) is 0 Å². The maximum Gasteiger partial charge on any atom is 0.169 e. The molecule has 0 unspecified atom stereocenters. The van der Waals surface area contributed by atoms with Crippen molar-refractivity contribution < 1.29 is 19.7 Å². The minimum Gasteiger partial charge on any atom is -0.393 e. The molecule has 1 aliphatic carbocycles. The Hall–Kier alpha value is -0.160. The highest BCUT2D eigenvalue weighted by Gasteiger charge is 2.49. The van der Waals surface area contributed by atoms with E-state index in [0.29, 0.717) is 13.0 Å². The van der Waals surface area contributed by atoms with Crippen molar-refractivity contribution in [3.05, 3.63) is 0 Å². The molecule has 1 spiro atoms. The zero-order valence-corrected chi connectivity index (χ0v) is 9.95. The molecular formula is C12H22O4. The summed E-state index contributed by atoms with van der Waals surface area (Å²) in [5, 5.41) is 19.4. The molecule has 1 saturated heterocycles. The summed E-state index contributed by atoms with van der Waals surface area (Å²) >= 11 is 0. The van der Waals surface area contributed by atoms with Gasteiger partial charge in [0.25, 0.3) is 0 Å². The van der Waals surface area contributed by atoms with Gasteiger partial charge in [-0.2, -0.15) is 0 Å². The van der Waals surface area contributed by atoms with Gasteiger partial charge in [-0.05, 0) is 19.3 Å². The van der Waals surface area contributed by atoms with Crippen LogP contribution < -0.4 is 0 Å². The van der Waals surface area contributed by atoms with E-state index < -0.39 is 11.4 Å². The summed E-state index contributed by atoms with van der Waals surface area (Å²) in [6, 6.07) is 0. The molecule has 1 aliphatic heterocycles. The van der Waals surface area contributed by atoms with E-state index in [1.165, 1.54) is 6.42 Å². The van der Waals surface area contributed by atoms with Crippen molar-refractivity contribution in [3.8, 4) is 0 Å². The van der Waals surface area contributed by atoms with Crippen molar-refractivity contribution in [3.63, 3.8) is 0 Å². The number of hydrogen-bond acceptors (Lipinski definition) is 4. The van der Waals surface area contributed by atoms with E-state index in [1.807, 2.05) is 6.92 Å². The fourth-order valence-electron chi connectivity index (χ4n) is 2.61. The van der Waals surface area contributed by atoms with E-state index in [0.717, 1.165) is 25.7 Å². The van der Waals surface area contributed by atoms with Gasteiger partial charge in [-0.15, -0.1) is 0 Å². The summed E-state index contributed by atoms with van der Waals surface area (Å²) in [6.07, 6.45) is 5.39. The van der Waals surface area contributed by atoms with E-state index in [1.54, 1.807) is 0 Å². The quantitative estimate of drug-likeness (QED) is 0.764. The van der Waals surface area contributed by atoms with Crippen LogP contribution in [0.1, 0.15) is 45.4 Å². The van der Waals surface area contributed by atoms with Crippen molar-refractivity contribution in [2.75, 3.05) is 13.2 Å². The van der Waals surface area contributed by atoms with Crippen molar-refractivity contribution >= 4 is 0 Å². The van der Waals surface area contributed by atoms with Gasteiger partial charge in [0.05, 0.1) is 13.2 Å². The predicted molar refractivity (Wildman–Crippen MR) is 59.0 cm³/mol. The number of rotatable bonds is 3. The van der Waals surface area contributed by atoms with Crippen LogP contribution in [0.3, 0.4) is 0 Å².